The first kappa shape index (κ1) is 27.0. The van der Waals surface area contributed by atoms with Crippen LogP contribution >= 0.6 is 11.3 Å². The fourth-order valence-corrected chi connectivity index (χ4v) is 7.63. The van der Waals surface area contributed by atoms with E-state index in [2.05, 4.69) is 28.9 Å². The van der Waals surface area contributed by atoms with E-state index >= 15 is 0 Å². The van der Waals surface area contributed by atoms with Gasteiger partial charge in [0.15, 0.2) is 0 Å². The number of carbonyl (C=O) groups excluding carboxylic acids is 1. The fourth-order valence-electron chi connectivity index (χ4n) is 5.20. The number of nitrogens with one attached hydrogen (secondary N) is 2. The van der Waals surface area contributed by atoms with E-state index in [0.717, 1.165) is 22.2 Å². The Balaban J connectivity index is 1.42. The zero-order chi connectivity index (χ0) is 26.9. The molecule has 5 rings (SSSR count). The van der Waals surface area contributed by atoms with Gasteiger partial charge in [0.1, 0.15) is 17.6 Å². The summed E-state index contributed by atoms with van der Waals surface area (Å²) in [5.74, 6) is -0.286. The first-order chi connectivity index (χ1) is 18.1. The second-order valence-electron chi connectivity index (χ2n) is 10.8. The molecule has 2 aromatic carbocycles. The van der Waals surface area contributed by atoms with Crippen molar-refractivity contribution < 1.29 is 17.6 Å². The molecule has 1 fully saturated rings. The van der Waals surface area contributed by atoms with Crippen molar-refractivity contribution in [3.8, 4) is 0 Å². The molecule has 11 heteroatoms. The smallest absolute Gasteiger partial charge is 0.243 e. The van der Waals surface area contributed by atoms with E-state index in [0.29, 0.717) is 50.0 Å². The van der Waals surface area contributed by atoms with Crippen LogP contribution in [0, 0.1) is 5.41 Å². The Labute approximate surface area is 227 Å². The maximum absolute atomic E-state index is 13.8. The van der Waals surface area contributed by atoms with Gasteiger partial charge in [0.25, 0.3) is 0 Å². The number of aromatic nitrogens is 1. The van der Waals surface area contributed by atoms with Gasteiger partial charge in [-0.05, 0) is 35.6 Å². The number of rotatable bonds is 8. The highest BCUT2D eigenvalue weighted by Crippen LogP contribution is 2.36. The number of hydrogen-bond donors (Lipinski definition) is 2. The molecule has 2 N–H and O–H groups in total. The molecule has 0 radical (unpaired) electrons. The van der Waals surface area contributed by atoms with Crippen molar-refractivity contribution in [2.45, 2.75) is 37.6 Å². The van der Waals surface area contributed by atoms with Gasteiger partial charge in [-0.25, -0.2) is 17.8 Å². The lowest BCUT2D eigenvalue weighted by Crippen LogP contribution is -2.55. The van der Waals surface area contributed by atoms with Gasteiger partial charge in [-0.1, -0.05) is 38.1 Å². The van der Waals surface area contributed by atoms with Gasteiger partial charge in [-0.2, -0.15) is 4.72 Å². The van der Waals surface area contributed by atoms with Gasteiger partial charge in [0.05, 0.1) is 20.9 Å². The van der Waals surface area contributed by atoms with Gasteiger partial charge < -0.3 is 10.2 Å². The van der Waals surface area contributed by atoms with Crippen molar-refractivity contribution in [1.29, 1.82) is 0 Å². The van der Waals surface area contributed by atoms with Crippen molar-refractivity contribution in [2.75, 3.05) is 51.3 Å². The first-order valence-electron chi connectivity index (χ1n) is 12.9. The van der Waals surface area contributed by atoms with Crippen molar-refractivity contribution in [3.63, 3.8) is 0 Å². The van der Waals surface area contributed by atoms with Crippen LogP contribution in [0.4, 0.5) is 10.1 Å². The molecule has 1 aromatic heterocycles. The second kappa shape index (κ2) is 10.9. The number of benzene rings is 2. The molecule has 1 saturated heterocycles. The summed E-state index contributed by atoms with van der Waals surface area (Å²) in [6.07, 6.45) is 0.910. The maximum atomic E-state index is 13.8. The third-order valence-electron chi connectivity index (χ3n) is 7.21. The van der Waals surface area contributed by atoms with Gasteiger partial charge in [-0.3, -0.25) is 9.69 Å². The maximum Gasteiger partial charge on any atom is 0.243 e. The summed E-state index contributed by atoms with van der Waals surface area (Å²) < 4.78 is 44.1. The number of amides is 1. The van der Waals surface area contributed by atoms with Gasteiger partial charge in [0.2, 0.25) is 15.9 Å². The third kappa shape index (κ3) is 5.85. The Hall–Kier alpha value is -2.60. The van der Waals surface area contributed by atoms with E-state index in [9.17, 15) is 17.6 Å². The summed E-state index contributed by atoms with van der Waals surface area (Å²) in [6.45, 7) is 6.81. The molecular weight excluding hydrogens is 525 g/mol. The minimum atomic E-state index is -4.03. The lowest BCUT2D eigenvalue weighted by molar-refractivity contribution is -0.134. The van der Waals surface area contributed by atoms with Crippen LogP contribution in [-0.2, 0) is 27.7 Å². The SMILES string of the molecule is CC1(C)CNc2c(cccc2S(=O)(=O)N[C@@H](Cc2nc3ccccc3s2)C(=O)N2CCN(CCF)CC2)C1. The Kier molecular flexibility index (Phi) is 7.72. The number of piperazine rings is 1. The van der Waals surface area contributed by atoms with E-state index in [4.69, 9.17) is 0 Å². The van der Waals surface area contributed by atoms with Gasteiger partial charge >= 0.3 is 0 Å². The highest BCUT2D eigenvalue weighted by molar-refractivity contribution is 7.89. The van der Waals surface area contributed by atoms with Crippen LogP contribution in [0.15, 0.2) is 47.4 Å². The molecule has 0 saturated carbocycles. The highest BCUT2D eigenvalue weighted by Gasteiger charge is 2.35. The second-order valence-corrected chi connectivity index (χ2v) is 13.6. The standard InChI is InChI=1S/C27H34FN5O3S2/c1-27(2)17-19-6-5-9-23(25(19)29-18-27)38(35,36)31-21(16-24-30-20-7-3-4-8-22(20)37-24)26(34)33-14-12-32(11-10-28)13-15-33/h3-9,21,29,31H,10-18H2,1-2H3/t21-/m0/s1. The third-order valence-corrected chi connectivity index (χ3v) is 9.78. The average molecular weight is 560 g/mol. The molecule has 204 valence electrons. The summed E-state index contributed by atoms with van der Waals surface area (Å²) >= 11 is 1.46. The monoisotopic (exact) mass is 559 g/mol. The van der Waals surface area contributed by atoms with Crippen LogP contribution in [0.5, 0.6) is 0 Å². The number of anilines is 1. The molecule has 0 bridgehead atoms. The quantitative estimate of drug-likeness (QED) is 0.440. The molecule has 2 aliphatic heterocycles. The number of thiazole rings is 1. The van der Waals surface area contributed by atoms with Crippen molar-refractivity contribution in [1.82, 2.24) is 19.5 Å². The predicted octanol–water partition coefficient (Wildman–Crippen LogP) is 3.29. The Bertz CT molecular complexity index is 1380. The molecule has 38 heavy (non-hydrogen) atoms. The zero-order valence-electron chi connectivity index (χ0n) is 21.7. The summed E-state index contributed by atoms with van der Waals surface area (Å²) in [5, 5.41) is 4.01. The number of carbonyl (C=O) groups is 1. The average Bonchev–Trinajstić information content (AvgIpc) is 3.30. The van der Waals surface area contributed by atoms with Crippen LogP contribution in [0.1, 0.15) is 24.4 Å². The van der Waals surface area contributed by atoms with Crippen LogP contribution < -0.4 is 10.0 Å². The molecule has 0 unspecified atom stereocenters. The molecule has 1 amide bonds. The topological polar surface area (TPSA) is 94.6 Å². The minimum Gasteiger partial charge on any atom is -0.383 e. The minimum absolute atomic E-state index is 0.0124. The van der Waals surface area contributed by atoms with Gasteiger partial charge in [0, 0.05) is 45.7 Å². The van der Waals surface area contributed by atoms with Crippen LogP contribution in [0.25, 0.3) is 10.2 Å². The molecule has 0 aliphatic carbocycles. The van der Waals surface area contributed by atoms with E-state index in [-0.39, 0.29) is 22.6 Å². The molecule has 3 aromatic rings. The van der Waals surface area contributed by atoms with Crippen LogP contribution in [-0.4, -0.2) is 81.1 Å². The molecule has 3 heterocycles. The lowest BCUT2D eigenvalue weighted by atomic mass is 9.82. The van der Waals surface area contributed by atoms with Crippen molar-refractivity contribution >= 4 is 43.2 Å². The Morgan fingerprint density at radius 3 is 2.66 bits per heavy atom. The van der Waals surface area contributed by atoms with Crippen molar-refractivity contribution in [2.24, 2.45) is 5.41 Å². The molecule has 0 spiro atoms. The number of hydrogen-bond acceptors (Lipinski definition) is 7. The fraction of sp³-hybridized carbons (Fsp3) is 0.481. The van der Waals surface area contributed by atoms with Crippen molar-refractivity contribution in [3.05, 3.63) is 53.0 Å². The summed E-state index contributed by atoms with van der Waals surface area (Å²) in [5.41, 5.74) is 2.39. The van der Waals surface area contributed by atoms with E-state index in [1.165, 1.54) is 11.3 Å². The molecule has 8 nitrogen and oxygen atoms in total. The zero-order valence-corrected chi connectivity index (χ0v) is 23.4. The summed E-state index contributed by atoms with van der Waals surface area (Å²) in [7, 11) is -4.03. The largest absolute Gasteiger partial charge is 0.383 e. The number of halogens is 1. The number of nitrogens with zero attached hydrogens (tertiary/aromatic N) is 3. The molecular formula is C27H34FN5O3S2. The molecule has 1 atom stereocenters. The number of alkyl halides is 1. The summed E-state index contributed by atoms with van der Waals surface area (Å²) in [4.78, 5) is 22.2. The highest BCUT2D eigenvalue weighted by atomic mass is 32.2. The van der Waals surface area contributed by atoms with Gasteiger partial charge in [-0.15, -0.1) is 11.3 Å². The van der Waals surface area contributed by atoms with Crippen LogP contribution in [0.2, 0.25) is 0 Å². The number of fused-ring (bicyclic) bond motifs is 2. The number of sulfonamides is 1. The lowest BCUT2D eigenvalue weighted by Gasteiger charge is -2.36. The first-order valence-corrected chi connectivity index (χ1v) is 15.2. The molecule has 2 aliphatic rings. The van der Waals surface area contributed by atoms with Crippen LogP contribution in [0.3, 0.4) is 0 Å². The van der Waals surface area contributed by atoms with E-state index in [1.807, 2.05) is 35.2 Å². The Morgan fingerprint density at radius 2 is 1.92 bits per heavy atom. The van der Waals surface area contributed by atoms with E-state index < -0.39 is 22.7 Å². The summed E-state index contributed by atoms with van der Waals surface area (Å²) in [6, 6.07) is 12.0. The Morgan fingerprint density at radius 1 is 1.16 bits per heavy atom. The van der Waals surface area contributed by atoms with E-state index in [1.54, 1.807) is 17.0 Å². The predicted molar refractivity (Wildman–Crippen MR) is 149 cm³/mol. The number of para-hydroxylation sites is 2. The normalized spacial score (nSPS) is 18.7.